The van der Waals surface area contributed by atoms with Crippen LogP contribution in [0.5, 0.6) is 0 Å². The molecule has 36 heavy (non-hydrogen) atoms. The monoisotopic (exact) mass is 504 g/mol. The second-order valence-electron chi connectivity index (χ2n) is 9.30. The van der Waals surface area contributed by atoms with Crippen molar-refractivity contribution in [3.63, 3.8) is 0 Å². The molecule has 0 spiro atoms. The Morgan fingerprint density at radius 2 is 2.03 bits per heavy atom. The number of imidazole rings is 1. The maximum Gasteiger partial charge on any atom is 0.315 e. The van der Waals surface area contributed by atoms with E-state index in [1.165, 1.54) is 10.9 Å². The molecule has 3 aliphatic heterocycles. The summed E-state index contributed by atoms with van der Waals surface area (Å²) in [7, 11) is 0. The van der Waals surface area contributed by atoms with E-state index >= 15 is 0 Å². The van der Waals surface area contributed by atoms with Crippen LogP contribution in [0.4, 0.5) is 16.6 Å². The molecule has 6 atom stereocenters. The minimum atomic E-state index is -1.42. The largest absolute Gasteiger partial charge is 0.387 e. The molecule has 15 nitrogen and oxygen atoms in total. The predicted octanol–water partition coefficient (Wildman–Crippen LogP) is -2.60. The van der Waals surface area contributed by atoms with Crippen LogP contribution in [0, 0.1) is 0 Å². The van der Waals surface area contributed by atoms with Crippen molar-refractivity contribution in [2.24, 2.45) is 0 Å². The SMILES string of the molecule is CCNC(=O)[C@H]1O[C@@H](n2cnc3c(N)nc(N4CC[C@@H](NC(=O)N[C@@H]5CCNC5)C4)nc32)[C@H](O)[C@@H]1O. The highest BCUT2D eigenvalue weighted by Crippen LogP contribution is 2.33. The standard InChI is InChI=1S/C21H32N10O5/c1-2-24-18(34)15-13(32)14(33)19(36-15)31-9-25-12-16(22)28-20(29-17(12)31)30-6-4-11(8-30)27-21(35)26-10-3-5-23-7-10/h9-11,13-15,19,23,32-33H,2-8H2,1H3,(H,24,34)(H2,22,28,29)(H2,26,27,35)/t10-,11-,13+,14-,15+,19-/m1/s1. The Kier molecular flexibility index (Phi) is 6.79. The van der Waals surface area contributed by atoms with Gasteiger partial charge in [0, 0.05) is 38.3 Å². The number of nitrogens with two attached hydrogens (primary N) is 1. The van der Waals surface area contributed by atoms with Crippen LogP contribution in [0.15, 0.2) is 6.33 Å². The zero-order valence-electron chi connectivity index (χ0n) is 19.9. The fourth-order valence-corrected chi connectivity index (χ4v) is 4.88. The third-order valence-corrected chi connectivity index (χ3v) is 6.76. The highest BCUT2D eigenvalue weighted by molar-refractivity contribution is 5.84. The van der Waals surface area contributed by atoms with E-state index in [1.807, 2.05) is 4.90 Å². The fourth-order valence-electron chi connectivity index (χ4n) is 4.88. The number of aromatic nitrogens is 4. The number of aliphatic hydroxyl groups excluding tert-OH is 2. The molecule has 5 heterocycles. The summed E-state index contributed by atoms with van der Waals surface area (Å²) in [6.07, 6.45) is -2.14. The van der Waals surface area contributed by atoms with Crippen LogP contribution in [0.3, 0.4) is 0 Å². The lowest BCUT2D eigenvalue weighted by Crippen LogP contribution is -2.47. The van der Waals surface area contributed by atoms with Gasteiger partial charge in [-0.3, -0.25) is 9.36 Å². The van der Waals surface area contributed by atoms with E-state index in [0.29, 0.717) is 43.2 Å². The third kappa shape index (κ3) is 4.61. The number of aliphatic hydroxyl groups is 2. The summed E-state index contributed by atoms with van der Waals surface area (Å²) in [4.78, 5) is 39.7. The Labute approximate surface area is 206 Å². The van der Waals surface area contributed by atoms with Crippen molar-refractivity contribution in [2.45, 2.75) is 56.4 Å². The second-order valence-corrected chi connectivity index (χ2v) is 9.30. The van der Waals surface area contributed by atoms with Crippen LogP contribution in [0.1, 0.15) is 26.0 Å². The fraction of sp³-hybridized carbons (Fsp3) is 0.667. The van der Waals surface area contributed by atoms with E-state index in [9.17, 15) is 19.8 Å². The first-order valence-electron chi connectivity index (χ1n) is 12.2. The lowest BCUT2D eigenvalue weighted by atomic mass is 10.1. The number of ether oxygens (including phenoxy) is 1. The average Bonchev–Trinajstić information content (AvgIpc) is 3.63. The van der Waals surface area contributed by atoms with Gasteiger partial charge in [0.05, 0.1) is 6.33 Å². The molecule has 8 N–H and O–H groups in total. The lowest BCUT2D eigenvalue weighted by Gasteiger charge is -2.20. The average molecular weight is 505 g/mol. The predicted molar refractivity (Wildman–Crippen MR) is 128 cm³/mol. The van der Waals surface area contributed by atoms with Gasteiger partial charge < -0.3 is 46.9 Å². The number of rotatable bonds is 6. The summed E-state index contributed by atoms with van der Waals surface area (Å²) in [6.45, 7) is 4.87. The van der Waals surface area contributed by atoms with Crippen molar-refractivity contribution in [3.05, 3.63) is 6.33 Å². The molecule has 0 aromatic carbocycles. The quantitative estimate of drug-likeness (QED) is 0.217. The Hall–Kier alpha value is -3.27. The number of nitrogen functional groups attached to an aromatic ring is 1. The number of hydrogen-bond donors (Lipinski definition) is 7. The second kappa shape index (κ2) is 10.0. The number of nitrogens with zero attached hydrogens (tertiary/aromatic N) is 5. The molecule has 3 saturated heterocycles. The van der Waals surface area contributed by atoms with Gasteiger partial charge in [0.25, 0.3) is 5.91 Å². The maximum absolute atomic E-state index is 12.3. The number of anilines is 2. The summed E-state index contributed by atoms with van der Waals surface area (Å²) in [5.74, 6) is -0.0284. The summed E-state index contributed by atoms with van der Waals surface area (Å²) < 4.78 is 7.15. The molecule has 0 aliphatic carbocycles. The summed E-state index contributed by atoms with van der Waals surface area (Å²) in [5, 5.41) is 32.8. The first-order valence-corrected chi connectivity index (χ1v) is 12.2. The van der Waals surface area contributed by atoms with Crippen molar-refractivity contribution in [1.82, 2.24) is 40.8 Å². The van der Waals surface area contributed by atoms with Gasteiger partial charge in [-0.1, -0.05) is 0 Å². The van der Waals surface area contributed by atoms with Crippen LogP contribution in [-0.4, -0.2) is 105 Å². The van der Waals surface area contributed by atoms with Gasteiger partial charge in [0.1, 0.15) is 17.7 Å². The van der Waals surface area contributed by atoms with E-state index < -0.39 is 30.4 Å². The highest BCUT2D eigenvalue weighted by Gasteiger charge is 2.47. The lowest BCUT2D eigenvalue weighted by molar-refractivity contribution is -0.137. The molecular formula is C21H32N10O5. The Morgan fingerprint density at radius 3 is 2.78 bits per heavy atom. The molecule has 0 unspecified atom stereocenters. The number of hydrogen-bond acceptors (Lipinski definition) is 11. The first-order chi connectivity index (χ1) is 17.4. The number of carbonyl (C=O) groups excluding carboxylic acids is 2. The van der Waals surface area contributed by atoms with Crippen LogP contribution < -0.4 is 31.9 Å². The highest BCUT2D eigenvalue weighted by atomic mass is 16.6. The van der Waals surface area contributed by atoms with Gasteiger partial charge >= 0.3 is 6.03 Å². The topological polar surface area (TPSA) is 205 Å². The van der Waals surface area contributed by atoms with Gasteiger partial charge in [-0.15, -0.1) is 0 Å². The van der Waals surface area contributed by atoms with Crippen LogP contribution in [0.25, 0.3) is 11.2 Å². The molecule has 0 bridgehead atoms. The van der Waals surface area contributed by atoms with Crippen molar-refractivity contribution in [2.75, 3.05) is 43.4 Å². The molecule has 15 heteroatoms. The van der Waals surface area contributed by atoms with Crippen molar-refractivity contribution >= 4 is 34.9 Å². The number of nitrogens with one attached hydrogen (secondary N) is 4. The summed E-state index contributed by atoms with van der Waals surface area (Å²) in [6, 6.07) is -0.150. The van der Waals surface area contributed by atoms with Gasteiger partial charge in [-0.2, -0.15) is 9.97 Å². The smallest absolute Gasteiger partial charge is 0.315 e. The van der Waals surface area contributed by atoms with Gasteiger partial charge in [0.15, 0.2) is 23.8 Å². The molecule has 2 aromatic heterocycles. The van der Waals surface area contributed by atoms with Gasteiger partial charge in [-0.05, 0) is 26.3 Å². The number of likely N-dealkylation sites (N-methyl/N-ethyl adjacent to an activating group) is 1. The molecule has 3 amide bonds. The Bertz CT molecular complexity index is 1120. The van der Waals surface area contributed by atoms with Crippen molar-refractivity contribution < 1.29 is 24.5 Å². The molecule has 5 rings (SSSR count). The zero-order valence-corrected chi connectivity index (χ0v) is 19.9. The van der Waals surface area contributed by atoms with Crippen molar-refractivity contribution in [3.8, 4) is 0 Å². The Morgan fingerprint density at radius 1 is 1.22 bits per heavy atom. The zero-order chi connectivity index (χ0) is 25.4. The minimum absolute atomic E-state index is 0.0854. The molecule has 3 aliphatic rings. The number of fused-ring (bicyclic) bond motifs is 1. The maximum atomic E-state index is 12.3. The third-order valence-electron chi connectivity index (χ3n) is 6.76. The number of amides is 3. The van der Waals surface area contributed by atoms with E-state index in [-0.39, 0.29) is 23.9 Å². The molecule has 196 valence electrons. The molecule has 3 fully saturated rings. The summed E-state index contributed by atoms with van der Waals surface area (Å²) in [5.41, 5.74) is 6.77. The van der Waals surface area contributed by atoms with Crippen LogP contribution in [-0.2, 0) is 9.53 Å². The van der Waals surface area contributed by atoms with Gasteiger partial charge in [0.2, 0.25) is 5.95 Å². The molecular weight excluding hydrogens is 472 g/mol. The molecule has 2 aromatic rings. The Balaban J connectivity index is 1.31. The number of carbonyl (C=O) groups is 2. The van der Waals surface area contributed by atoms with Crippen LogP contribution >= 0.6 is 0 Å². The normalized spacial score (nSPS) is 30.1. The number of urea groups is 1. The van der Waals surface area contributed by atoms with E-state index in [1.54, 1.807) is 6.92 Å². The van der Waals surface area contributed by atoms with Crippen molar-refractivity contribution in [1.29, 1.82) is 0 Å². The molecule has 0 saturated carbocycles. The minimum Gasteiger partial charge on any atom is -0.387 e. The summed E-state index contributed by atoms with van der Waals surface area (Å²) >= 11 is 0. The van der Waals surface area contributed by atoms with Crippen LogP contribution in [0.2, 0.25) is 0 Å². The first kappa shape index (κ1) is 24.4. The van der Waals surface area contributed by atoms with E-state index in [0.717, 1.165) is 19.5 Å². The molecule has 0 radical (unpaired) electrons. The van der Waals surface area contributed by atoms with Gasteiger partial charge in [-0.25, -0.2) is 9.78 Å². The van der Waals surface area contributed by atoms with E-state index in [2.05, 4.69) is 36.2 Å². The van der Waals surface area contributed by atoms with E-state index in [4.69, 9.17) is 10.5 Å².